The van der Waals surface area contributed by atoms with Crippen molar-refractivity contribution in [3.05, 3.63) is 54.1 Å². The van der Waals surface area contributed by atoms with Crippen molar-refractivity contribution in [1.82, 2.24) is 9.97 Å². The normalized spacial score (nSPS) is 12.7. The van der Waals surface area contributed by atoms with Crippen molar-refractivity contribution in [1.29, 1.82) is 0 Å². The molecule has 122 valence electrons. The van der Waals surface area contributed by atoms with Gasteiger partial charge in [0.05, 0.1) is 31.2 Å². The maximum Gasteiger partial charge on any atom is 0.220 e. The number of nitrogens with zero attached hydrogens (tertiary/aromatic N) is 3. The molecule has 0 saturated carbocycles. The molecule has 0 N–H and O–H groups in total. The van der Waals surface area contributed by atoms with E-state index >= 15 is 0 Å². The monoisotopic (exact) mass is 315 g/mol. The van der Waals surface area contributed by atoms with Crippen LogP contribution in [0.4, 0.5) is 0 Å². The molecular formula is C17H21N3O3. The standard InChI is InChI=1S/C17H21N3O3/c1-4-19-17(14-6-5-9-18-10-14)23-13(2)22-12-15-7-8-16(21-3)11-20-15/h5-11,13H,4,12H2,1-3H3. The van der Waals surface area contributed by atoms with E-state index in [1.807, 2.05) is 38.1 Å². The average molecular weight is 315 g/mol. The van der Waals surface area contributed by atoms with E-state index in [9.17, 15) is 0 Å². The topological polar surface area (TPSA) is 65.8 Å². The van der Waals surface area contributed by atoms with Crippen molar-refractivity contribution in [3.63, 3.8) is 0 Å². The van der Waals surface area contributed by atoms with Crippen LogP contribution in [0, 0.1) is 0 Å². The van der Waals surface area contributed by atoms with Crippen molar-refractivity contribution in [3.8, 4) is 5.75 Å². The maximum atomic E-state index is 5.78. The summed E-state index contributed by atoms with van der Waals surface area (Å²) in [5, 5.41) is 0. The van der Waals surface area contributed by atoms with Crippen molar-refractivity contribution >= 4 is 5.90 Å². The van der Waals surface area contributed by atoms with Gasteiger partial charge in [-0.1, -0.05) is 0 Å². The zero-order chi connectivity index (χ0) is 16.5. The smallest absolute Gasteiger partial charge is 0.220 e. The Labute approximate surface area is 136 Å². The molecule has 0 radical (unpaired) electrons. The predicted molar refractivity (Wildman–Crippen MR) is 87.4 cm³/mol. The second kappa shape index (κ2) is 8.85. The number of aromatic nitrogens is 2. The minimum atomic E-state index is -0.454. The molecule has 0 aliphatic heterocycles. The maximum absolute atomic E-state index is 5.78. The third kappa shape index (κ3) is 5.34. The van der Waals surface area contributed by atoms with Crippen LogP contribution in [0.5, 0.6) is 5.75 Å². The Morgan fingerprint density at radius 3 is 2.74 bits per heavy atom. The Balaban J connectivity index is 1.91. The number of hydrogen-bond donors (Lipinski definition) is 0. The number of methoxy groups -OCH3 is 1. The van der Waals surface area contributed by atoms with Crippen LogP contribution < -0.4 is 4.74 Å². The van der Waals surface area contributed by atoms with E-state index in [0.29, 0.717) is 24.8 Å². The summed E-state index contributed by atoms with van der Waals surface area (Å²) in [7, 11) is 1.61. The molecule has 0 aliphatic carbocycles. The lowest BCUT2D eigenvalue weighted by atomic mass is 10.3. The zero-order valence-corrected chi connectivity index (χ0v) is 13.6. The van der Waals surface area contributed by atoms with E-state index in [1.165, 1.54) is 0 Å². The lowest BCUT2D eigenvalue weighted by molar-refractivity contribution is -0.0846. The molecule has 2 heterocycles. The molecule has 0 bridgehead atoms. The minimum Gasteiger partial charge on any atom is -0.495 e. The summed E-state index contributed by atoms with van der Waals surface area (Å²) in [6.07, 6.45) is 4.63. The van der Waals surface area contributed by atoms with Gasteiger partial charge < -0.3 is 14.2 Å². The van der Waals surface area contributed by atoms with E-state index in [1.54, 1.807) is 25.7 Å². The van der Waals surface area contributed by atoms with Gasteiger partial charge in [0.25, 0.3) is 0 Å². The van der Waals surface area contributed by atoms with Crippen molar-refractivity contribution < 1.29 is 14.2 Å². The Morgan fingerprint density at radius 2 is 2.13 bits per heavy atom. The van der Waals surface area contributed by atoms with Gasteiger partial charge in [0.2, 0.25) is 5.90 Å². The van der Waals surface area contributed by atoms with Crippen LogP contribution >= 0.6 is 0 Å². The van der Waals surface area contributed by atoms with Gasteiger partial charge in [-0.15, -0.1) is 0 Å². The van der Waals surface area contributed by atoms with E-state index in [2.05, 4.69) is 15.0 Å². The van der Waals surface area contributed by atoms with Crippen LogP contribution in [-0.4, -0.2) is 35.8 Å². The van der Waals surface area contributed by atoms with Gasteiger partial charge in [-0.3, -0.25) is 15.0 Å². The van der Waals surface area contributed by atoms with Crippen LogP contribution in [0.3, 0.4) is 0 Å². The minimum absolute atomic E-state index is 0.345. The Bertz CT molecular complexity index is 615. The third-order valence-corrected chi connectivity index (χ3v) is 2.99. The molecule has 2 aromatic heterocycles. The summed E-state index contributed by atoms with van der Waals surface area (Å²) < 4.78 is 16.5. The van der Waals surface area contributed by atoms with Gasteiger partial charge in [0.1, 0.15) is 5.75 Å². The van der Waals surface area contributed by atoms with Crippen molar-refractivity contribution in [2.75, 3.05) is 13.7 Å². The van der Waals surface area contributed by atoms with E-state index < -0.39 is 6.29 Å². The van der Waals surface area contributed by atoms with E-state index in [0.717, 1.165) is 11.3 Å². The highest BCUT2D eigenvalue weighted by Crippen LogP contribution is 2.11. The summed E-state index contributed by atoms with van der Waals surface area (Å²) in [5.41, 5.74) is 1.63. The number of ether oxygens (including phenoxy) is 3. The molecule has 23 heavy (non-hydrogen) atoms. The van der Waals surface area contributed by atoms with Crippen molar-refractivity contribution in [2.24, 2.45) is 4.99 Å². The van der Waals surface area contributed by atoms with Gasteiger partial charge in [-0.05, 0) is 38.1 Å². The predicted octanol–water partition coefficient (Wildman–Crippen LogP) is 2.83. The molecule has 1 atom stereocenters. The Kier molecular flexibility index (Phi) is 6.50. The lowest BCUT2D eigenvalue weighted by Gasteiger charge is -2.16. The largest absolute Gasteiger partial charge is 0.495 e. The third-order valence-electron chi connectivity index (χ3n) is 2.99. The van der Waals surface area contributed by atoms with Crippen LogP contribution in [-0.2, 0) is 16.1 Å². The Hall–Kier alpha value is -2.47. The molecule has 0 fully saturated rings. The highest BCUT2D eigenvalue weighted by atomic mass is 16.7. The van der Waals surface area contributed by atoms with Gasteiger partial charge in [-0.2, -0.15) is 0 Å². The van der Waals surface area contributed by atoms with Gasteiger partial charge in [-0.25, -0.2) is 0 Å². The first-order chi connectivity index (χ1) is 11.2. The van der Waals surface area contributed by atoms with Gasteiger partial charge in [0, 0.05) is 18.9 Å². The first-order valence-corrected chi connectivity index (χ1v) is 7.45. The van der Waals surface area contributed by atoms with E-state index in [4.69, 9.17) is 14.2 Å². The summed E-state index contributed by atoms with van der Waals surface area (Å²) in [5.74, 6) is 1.24. The highest BCUT2D eigenvalue weighted by molar-refractivity contribution is 5.93. The van der Waals surface area contributed by atoms with Crippen LogP contribution in [0.15, 0.2) is 47.8 Å². The van der Waals surface area contributed by atoms with Crippen molar-refractivity contribution in [2.45, 2.75) is 26.7 Å². The number of aliphatic imine (C=N–C) groups is 1. The molecule has 0 spiro atoms. The Morgan fingerprint density at radius 1 is 1.26 bits per heavy atom. The molecular weight excluding hydrogens is 294 g/mol. The summed E-state index contributed by atoms with van der Waals surface area (Å²) in [6.45, 7) is 4.74. The first-order valence-electron chi connectivity index (χ1n) is 7.45. The molecule has 2 aromatic rings. The molecule has 6 heteroatoms. The first kappa shape index (κ1) is 16.9. The molecule has 0 aliphatic rings. The fraction of sp³-hybridized carbons (Fsp3) is 0.353. The molecule has 0 aromatic carbocycles. The molecule has 2 rings (SSSR count). The van der Waals surface area contributed by atoms with Gasteiger partial charge >= 0.3 is 0 Å². The number of hydrogen-bond acceptors (Lipinski definition) is 6. The SMILES string of the molecule is CCN=C(OC(C)OCc1ccc(OC)cn1)c1cccnc1. The highest BCUT2D eigenvalue weighted by Gasteiger charge is 2.11. The second-order valence-corrected chi connectivity index (χ2v) is 4.71. The molecule has 0 saturated heterocycles. The molecule has 6 nitrogen and oxygen atoms in total. The van der Waals surface area contributed by atoms with Crippen LogP contribution in [0.2, 0.25) is 0 Å². The fourth-order valence-corrected chi connectivity index (χ4v) is 1.84. The lowest BCUT2D eigenvalue weighted by Crippen LogP contribution is -2.19. The quantitative estimate of drug-likeness (QED) is 0.446. The second-order valence-electron chi connectivity index (χ2n) is 4.71. The van der Waals surface area contributed by atoms with Crippen LogP contribution in [0.25, 0.3) is 0 Å². The summed E-state index contributed by atoms with van der Waals surface area (Å²) in [4.78, 5) is 12.7. The van der Waals surface area contributed by atoms with Gasteiger partial charge in [0.15, 0.2) is 6.29 Å². The number of pyridine rings is 2. The average Bonchev–Trinajstić information content (AvgIpc) is 2.61. The van der Waals surface area contributed by atoms with Crippen LogP contribution in [0.1, 0.15) is 25.1 Å². The zero-order valence-electron chi connectivity index (χ0n) is 13.6. The molecule has 1 unspecified atom stereocenters. The molecule has 0 amide bonds. The number of rotatable bonds is 7. The summed E-state index contributed by atoms with van der Waals surface area (Å²) >= 11 is 0. The van der Waals surface area contributed by atoms with E-state index in [-0.39, 0.29) is 0 Å². The summed E-state index contributed by atoms with van der Waals surface area (Å²) in [6, 6.07) is 7.44. The fourth-order valence-electron chi connectivity index (χ4n) is 1.84.